The van der Waals surface area contributed by atoms with E-state index in [2.05, 4.69) is 11.1 Å². The summed E-state index contributed by atoms with van der Waals surface area (Å²) in [6.45, 7) is 1.47. The van der Waals surface area contributed by atoms with Crippen molar-refractivity contribution in [2.24, 2.45) is 0 Å². The van der Waals surface area contributed by atoms with Crippen molar-refractivity contribution in [1.82, 2.24) is 4.98 Å². The standard InChI is InChI=1S/C32H21Cl2N3O5S/c1-18-2-4-19(5-3-18)26-13-9-22(16-35)30(36-26)43-28-15-29(39)37(31(28)40)23-10-6-20(7-11-23)32(41)42-17-27(38)21-8-12-24(33)25(34)14-21/h2-14,28H,15,17H2,1H3. The molecule has 8 nitrogen and oxygen atoms in total. The van der Waals surface area contributed by atoms with Gasteiger partial charge in [-0.25, -0.2) is 14.7 Å². The number of thioether (sulfide) groups is 1. The zero-order chi connectivity index (χ0) is 30.7. The van der Waals surface area contributed by atoms with Crippen molar-refractivity contribution < 1.29 is 23.9 Å². The van der Waals surface area contributed by atoms with E-state index in [1.807, 2.05) is 31.2 Å². The molecular weight excluding hydrogens is 609 g/mol. The molecule has 1 fully saturated rings. The van der Waals surface area contributed by atoms with Gasteiger partial charge in [0.15, 0.2) is 12.4 Å². The summed E-state index contributed by atoms with van der Waals surface area (Å²) in [6.07, 6.45) is -0.0779. The lowest BCUT2D eigenvalue weighted by Gasteiger charge is -2.15. The Hall–Kier alpha value is -4.49. The predicted octanol–water partition coefficient (Wildman–Crippen LogP) is 6.70. The number of Topliss-reactive ketones (excluding diaryl/α,β-unsaturated/α-hetero) is 1. The molecule has 1 atom stereocenters. The van der Waals surface area contributed by atoms with E-state index in [1.165, 1.54) is 42.5 Å². The van der Waals surface area contributed by atoms with Crippen LogP contribution in [0.25, 0.3) is 11.3 Å². The van der Waals surface area contributed by atoms with Crippen LogP contribution in [0, 0.1) is 18.3 Å². The minimum atomic E-state index is -0.780. The van der Waals surface area contributed by atoms with Gasteiger partial charge in [-0.15, -0.1) is 0 Å². The number of imide groups is 1. The van der Waals surface area contributed by atoms with Crippen LogP contribution in [0.4, 0.5) is 5.69 Å². The Balaban J connectivity index is 1.25. The van der Waals surface area contributed by atoms with E-state index in [4.69, 9.17) is 27.9 Å². The van der Waals surface area contributed by atoms with Crippen LogP contribution >= 0.6 is 35.0 Å². The van der Waals surface area contributed by atoms with Crippen LogP contribution < -0.4 is 4.90 Å². The number of hydrogen-bond donors (Lipinski definition) is 0. The number of benzene rings is 3. The fraction of sp³-hybridized carbons (Fsp3) is 0.125. The van der Waals surface area contributed by atoms with Gasteiger partial charge < -0.3 is 4.74 Å². The van der Waals surface area contributed by atoms with Crippen molar-refractivity contribution in [2.75, 3.05) is 11.5 Å². The Morgan fingerprint density at radius 2 is 1.67 bits per heavy atom. The number of ether oxygens (including phenoxy) is 1. The smallest absolute Gasteiger partial charge is 0.338 e. The van der Waals surface area contributed by atoms with Crippen molar-refractivity contribution in [3.8, 4) is 17.3 Å². The van der Waals surface area contributed by atoms with E-state index >= 15 is 0 Å². The summed E-state index contributed by atoms with van der Waals surface area (Å²) in [5.74, 6) is -2.09. The third-order valence-electron chi connectivity index (χ3n) is 6.62. The number of carbonyl (C=O) groups excluding carboxylic acids is 4. The highest BCUT2D eigenvalue weighted by Gasteiger charge is 2.41. The van der Waals surface area contributed by atoms with E-state index in [-0.39, 0.29) is 28.3 Å². The van der Waals surface area contributed by atoms with Gasteiger partial charge >= 0.3 is 5.97 Å². The quantitative estimate of drug-likeness (QED) is 0.120. The Labute approximate surface area is 261 Å². The summed E-state index contributed by atoms with van der Waals surface area (Å²) in [5.41, 5.74) is 3.58. The van der Waals surface area contributed by atoms with Gasteiger partial charge in [-0.1, -0.05) is 64.8 Å². The van der Waals surface area contributed by atoms with Crippen LogP contribution in [0.1, 0.15) is 38.3 Å². The van der Waals surface area contributed by atoms with Gasteiger partial charge in [0.1, 0.15) is 11.1 Å². The van der Waals surface area contributed by atoms with Gasteiger partial charge in [-0.3, -0.25) is 14.4 Å². The molecule has 1 saturated heterocycles. The molecule has 0 spiro atoms. The van der Waals surface area contributed by atoms with Crippen LogP contribution in [0.5, 0.6) is 0 Å². The second kappa shape index (κ2) is 12.8. The van der Waals surface area contributed by atoms with E-state index in [1.54, 1.807) is 12.1 Å². The molecule has 0 radical (unpaired) electrons. The summed E-state index contributed by atoms with van der Waals surface area (Å²) >= 11 is 12.9. The zero-order valence-electron chi connectivity index (χ0n) is 22.5. The number of nitriles is 1. The molecule has 1 aromatic heterocycles. The van der Waals surface area contributed by atoms with Crippen LogP contribution in [0.2, 0.25) is 10.0 Å². The van der Waals surface area contributed by atoms with E-state index < -0.39 is 35.4 Å². The third-order valence-corrected chi connectivity index (χ3v) is 8.55. The number of aromatic nitrogens is 1. The number of ketones is 1. The number of hydrogen-bond acceptors (Lipinski definition) is 8. The first-order chi connectivity index (χ1) is 20.6. The maximum absolute atomic E-state index is 13.3. The number of anilines is 1. The molecule has 2 heterocycles. The second-order valence-corrected chi connectivity index (χ2v) is 11.6. The van der Waals surface area contributed by atoms with Crippen molar-refractivity contribution in [3.63, 3.8) is 0 Å². The normalized spacial score (nSPS) is 14.5. The van der Waals surface area contributed by atoms with E-state index in [0.717, 1.165) is 27.8 Å². The lowest BCUT2D eigenvalue weighted by molar-refractivity contribution is -0.121. The Morgan fingerprint density at radius 3 is 2.35 bits per heavy atom. The fourth-order valence-corrected chi connectivity index (χ4v) is 5.71. The van der Waals surface area contributed by atoms with Crippen molar-refractivity contribution in [2.45, 2.75) is 23.6 Å². The number of amides is 2. The molecule has 2 amide bonds. The molecule has 1 aliphatic rings. The maximum Gasteiger partial charge on any atom is 0.338 e. The second-order valence-electron chi connectivity index (χ2n) is 9.58. The first kappa shape index (κ1) is 30.0. The molecule has 0 aliphatic carbocycles. The van der Waals surface area contributed by atoms with Gasteiger partial charge in [0.2, 0.25) is 11.8 Å². The highest BCUT2D eigenvalue weighted by molar-refractivity contribution is 8.00. The Kier molecular flexibility index (Phi) is 8.92. The van der Waals surface area contributed by atoms with E-state index in [9.17, 15) is 24.4 Å². The number of rotatable bonds is 8. The summed E-state index contributed by atoms with van der Waals surface area (Å²) in [7, 11) is 0. The molecule has 4 aromatic rings. The monoisotopic (exact) mass is 629 g/mol. The molecular formula is C32H21Cl2N3O5S. The highest BCUT2D eigenvalue weighted by atomic mass is 35.5. The SMILES string of the molecule is Cc1ccc(-c2ccc(C#N)c(SC3CC(=O)N(c4ccc(C(=O)OCC(=O)c5ccc(Cl)c(Cl)c5)cc4)C3=O)n2)cc1. The zero-order valence-corrected chi connectivity index (χ0v) is 24.9. The molecule has 0 N–H and O–H groups in total. The Morgan fingerprint density at radius 1 is 0.977 bits per heavy atom. The van der Waals surface area contributed by atoms with Crippen molar-refractivity contribution in [1.29, 1.82) is 5.26 Å². The number of esters is 1. The van der Waals surface area contributed by atoms with Gasteiger partial charge in [-0.2, -0.15) is 5.26 Å². The highest BCUT2D eigenvalue weighted by Crippen LogP contribution is 2.36. The molecule has 11 heteroatoms. The molecule has 5 rings (SSSR count). The Bertz CT molecular complexity index is 1800. The van der Waals surface area contributed by atoms with Crippen LogP contribution in [-0.2, 0) is 14.3 Å². The van der Waals surface area contributed by atoms with Crippen molar-refractivity contribution in [3.05, 3.63) is 111 Å². The largest absolute Gasteiger partial charge is 0.454 e. The van der Waals surface area contributed by atoms with Gasteiger partial charge in [0, 0.05) is 17.5 Å². The molecule has 214 valence electrons. The number of nitrogens with zero attached hydrogens (tertiary/aromatic N) is 3. The summed E-state index contributed by atoms with van der Waals surface area (Å²) in [6, 6.07) is 23.3. The van der Waals surface area contributed by atoms with E-state index in [0.29, 0.717) is 21.3 Å². The molecule has 1 unspecified atom stereocenters. The molecule has 0 saturated carbocycles. The fourth-order valence-electron chi connectivity index (χ4n) is 4.32. The molecule has 43 heavy (non-hydrogen) atoms. The average Bonchev–Trinajstić information content (AvgIpc) is 3.29. The van der Waals surface area contributed by atoms with Gasteiger partial charge in [0.05, 0.1) is 37.8 Å². The van der Waals surface area contributed by atoms with Gasteiger partial charge in [0.25, 0.3) is 0 Å². The minimum Gasteiger partial charge on any atom is -0.454 e. The number of carbonyl (C=O) groups is 4. The number of pyridine rings is 1. The molecule has 1 aliphatic heterocycles. The summed E-state index contributed by atoms with van der Waals surface area (Å²) in [4.78, 5) is 56.8. The number of halogens is 2. The lowest BCUT2D eigenvalue weighted by atomic mass is 10.1. The first-order valence-electron chi connectivity index (χ1n) is 12.9. The third kappa shape index (κ3) is 6.62. The topological polar surface area (TPSA) is 117 Å². The molecule has 3 aromatic carbocycles. The van der Waals surface area contributed by atoms with Crippen LogP contribution in [-0.4, -0.2) is 40.4 Å². The summed E-state index contributed by atoms with van der Waals surface area (Å²) < 4.78 is 5.13. The van der Waals surface area contributed by atoms with Crippen molar-refractivity contribution >= 4 is 64.2 Å². The maximum atomic E-state index is 13.3. The lowest BCUT2D eigenvalue weighted by Crippen LogP contribution is -2.31. The predicted molar refractivity (Wildman–Crippen MR) is 163 cm³/mol. The first-order valence-corrected chi connectivity index (χ1v) is 14.5. The van der Waals surface area contributed by atoms with Crippen LogP contribution in [0.15, 0.2) is 83.9 Å². The average molecular weight is 631 g/mol. The number of aryl methyl sites for hydroxylation is 1. The molecule has 0 bridgehead atoms. The van der Waals surface area contributed by atoms with Gasteiger partial charge in [-0.05, 0) is 61.5 Å². The summed E-state index contributed by atoms with van der Waals surface area (Å²) in [5, 5.41) is 9.71. The van der Waals surface area contributed by atoms with Crippen LogP contribution in [0.3, 0.4) is 0 Å². The minimum absolute atomic E-state index is 0.0779.